The molecule has 0 radical (unpaired) electrons. The smallest absolute Gasteiger partial charge is 0.0918 e. The Kier molecular flexibility index (Phi) is 4.74. The fourth-order valence-corrected chi connectivity index (χ4v) is 1.65. The van der Waals surface area contributed by atoms with Crippen LogP contribution in [0.25, 0.3) is 0 Å². The predicted molar refractivity (Wildman–Crippen MR) is 66.8 cm³/mol. The fraction of sp³-hybridized carbons (Fsp3) is 0.917. The summed E-state index contributed by atoms with van der Waals surface area (Å²) < 4.78 is 5.72. The van der Waals surface area contributed by atoms with Gasteiger partial charge in [0.15, 0.2) is 0 Å². The van der Waals surface area contributed by atoms with Gasteiger partial charge in [-0.3, -0.25) is 10.3 Å². The quantitative estimate of drug-likeness (QED) is 0.513. The van der Waals surface area contributed by atoms with Crippen molar-refractivity contribution in [3.05, 3.63) is 0 Å². The lowest BCUT2D eigenvalue weighted by atomic mass is 10.2. The van der Waals surface area contributed by atoms with Gasteiger partial charge in [0.05, 0.1) is 18.0 Å². The highest BCUT2D eigenvalue weighted by molar-refractivity contribution is 5.76. The average molecular weight is 227 g/mol. The molecule has 0 spiro atoms. The number of nitrogens with two attached hydrogens (primary N) is 1. The van der Waals surface area contributed by atoms with Crippen LogP contribution in [0.2, 0.25) is 0 Å². The minimum Gasteiger partial charge on any atom is -0.388 e. The van der Waals surface area contributed by atoms with Crippen LogP contribution >= 0.6 is 0 Å². The van der Waals surface area contributed by atoms with Crippen molar-refractivity contribution in [2.24, 2.45) is 5.73 Å². The van der Waals surface area contributed by atoms with E-state index in [1.165, 1.54) is 12.8 Å². The van der Waals surface area contributed by atoms with Crippen molar-refractivity contribution in [2.45, 2.75) is 51.7 Å². The molecule has 94 valence electrons. The van der Waals surface area contributed by atoms with Crippen molar-refractivity contribution in [2.75, 3.05) is 19.7 Å². The zero-order valence-corrected chi connectivity index (χ0v) is 10.8. The summed E-state index contributed by atoms with van der Waals surface area (Å²) in [5.74, 6) is 0.280. The molecule has 1 aliphatic rings. The fourth-order valence-electron chi connectivity index (χ4n) is 1.65. The van der Waals surface area contributed by atoms with E-state index in [9.17, 15) is 0 Å². The Labute approximate surface area is 98.6 Å². The molecule has 0 amide bonds. The predicted octanol–water partition coefficient (Wildman–Crippen LogP) is 1.59. The van der Waals surface area contributed by atoms with Crippen molar-refractivity contribution in [3.8, 4) is 0 Å². The van der Waals surface area contributed by atoms with Gasteiger partial charge in [0, 0.05) is 25.6 Å². The number of hydrogen-bond donors (Lipinski definition) is 2. The standard InChI is InChI=1S/C12H25N3O/c1-12(2,3)16-9-8-15(10-4-5-10)7-6-11(13)14/h10H,4-9H2,1-3H3,(H3,13,14). The number of ether oxygens (including phenoxy) is 1. The van der Waals surface area contributed by atoms with Crippen molar-refractivity contribution < 1.29 is 4.74 Å². The van der Waals surface area contributed by atoms with E-state index in [4.69, 9.17) is 15.9 Å². The minimum absolute atomic E-state index is 0.0597. The van der Waals surface area contributed by atoms with E-state index in [0.29, 0.717) is 12.5 Å². The molecule has 4 heteroatoms. The van der Waals surface area contributed by atoms with Crippen molar-refractivity contribution in [1.82, 2.24) is 4.90 Å². The van der Waals surface area contributed by atoms with Gasteiger partial charge in [0.25, 0.3) is 0 Å². The molecule has 0 unspecified atom stereocenters. The molecule has 0 aromatic rings. The van der Waals surface area contributed by atoms with Crippen LogP contribution in [0.1, 0.15) is 40.0 Å². The second kappa shape index (κ2) is 5.64. The molecule has 4 nitrogen and oxygen atoms in total. The zero-order valence-electron chi connectivity index (χ0n) is 10.8. The molecule has 1 rings (SSSR count). The molecule has 0 saturated heterocycles. The molecule has 0 bridgehead atoms. The third-order valence-electron chi connectivity index (χ3n) is 2.65. The van der Waals surface area contributed by atoms with Gasteiger partial charge in [-0.05, 0) is 33.6 Å². The first-order valence-corrected chi connectivity index (χ1v) is 6.09. The number of amidine groups is 1. The third-order valence-corrected chi connectivity index (χ3v) is 2.65. The Morgan fingerprint density at radius 1 is 1.38 bits per heavy atom. The average Bonchev–Trinajstić information content (AvgIpc) is 2.91. The van der Waals surface area contributed by atoms with Gasteiger partial charge in [-0.15, -0.1) is 0 Å². The summed E-state index contributed by atoms with van der Waals surface area (Å²) in [6.45, 7) is 8.83. The Morgan fingerprint density at radius 2 is 2.00 bits per heavy atom. The maximum atomic E-state index is 7.25. The summed E-state index contributed by atoms with van der Waals surface area (Å²) in [6.07, 6.45) is 3.24. The Hall–Kier alpha value is -0.610. The molecule has 0 aromatic heterocycles. The van der Waals surface area contributed by atoms with E-state index in [1.54, 1.807) is 0 Å². The molecule has 3 N–H and O–H groups in total. The summed E-state index contributed by atoms with van der Waals surface area (Å²) in [5.41, 5.74) is 5.32. The maximum Gasteiger partial charge on any atom is 0.0918 e. The van der Waals surface area contributed by atoms with Crippen LogP contribution in [0.3, 0.4) is 0 Å². The third kappa shape index (κ3) is 6.08. The number of rotatable bonds is 7. The summed E-state index contributed by atoms with van der Waals surface area (Å²) in [4.78, 5) is 2.40. The van der Waals surface area contributed by atoms with Gasteiger partial charge in [-0.25, -0.2) is 0 Å². The highest BCUT2D eigenvalue weighted by Gasteiger charge is 2.28. The highest BCUT2D eigenvalue weighted by Crippen LogP contribution is 2.26. The number of nitrogens with zero attached hydrogens (tertiary/aromatic N) is 1. The molecule has 0 aliphatic heterocycles. The first-order chi connectivity index (χ1) is 7.38. The second-order valence-electron chi connectivity index (χ2n) is 5.50. The Morgan fingerprint density at radius 3 is 2.44 bits per heavy atom. The van der Waals surface area contributed by atoms with E-state index >= 15 is 0 Å². The van der Waals surface area contributed by atoms with Crippen LogP contribution in [-0.4, -0.2) is 42.1 Å². The van der Waals surface area contributed by atoms with Gasteiger partial charge in [-0.1, -0.05) is 0 Å². The van der Waals surface area contributed by atoms with E-state index in [0.717, 1.165) is 19.7 Å². The lowest BCUT2D eigenvalue weighted by Crippen LogP contribution is -2.34. The van der Waals surface area contributed by atoms with Gasteiger partial charge in [-0.2, -0.15) is 0 Å². The van der Waals surface area contributed by atoms with E-state index in [2.05, 4.69) is 25.7 Å². The number of hydrogen-bond acceptors (Lipinski definition) is 3. The first kappa shape index (κ1) is 13.5. The largest absolute Gasteiger partial charge is 0.388 e. The van der Waals surface area contributed by atoms with Gasteiger partial charge in [0.1, 0.15) is 0 Å². The Bertz CT molecular complexity index is 231. The van der Waals surface area contributed by atoms with Crippen molar-refractivity contribution >= 4 is 5.84 Å². The molecule has 0 atom stereocenters. The topological polar surface area (TPSA) is 62.3 Å². The van der Waals surface area contributed by atoms with Gasteiger partial charge in [0.2, 0.25) is 0 Å². The van der Waals surface area contributed by atoms with Crippen LogP contribution < -0.4 is 5.73 Å². The maximum absolute atomic E-state index is 7.25. The summed E-state index contributed by atoms with van der Waals surface area (Å²) >= 11 is 0. The molecule has 0 aromatic carbocycles. The number of nitrogens with one attached hydrogen (secondary N) is 1. The van der Waals surface area contributed by atoms with Crippen LogP contribution in [0, 0.1) is 5.41 Å². The highest BCUT2D eigenvalue weighted by atomic mass is 16.5. The normalized spacial score (nSPS) is 16.8. The van der Waals surface area contributed by atoms with E-state index < -0.39 is 0 Å². The van der Waals surface area contributed by atoms with Crippen LogP contribution in [0.5, 0.6) is 0 Å². The molecular formula is C12H25N3O. The lowest BCUT2D eigenvalue weighted by Gasteiger charge is -2.25. The van der Waals surface area contributed by atoms with Crippen LogP contribution in [0.4, 0.5) is 0 Å². The van der Waals surface area contributed by atoms with Gasteiger partial charge < -0.3 is 10.5 Å². The minimum atomic E-state index is -0.0597. The summed E-state index contributed by atoms with van der Waals surface area (Å²) in [6, 6.07) is 0.711. The SMILES string of the molecule is CC(C)(C)OCCN(CCC(=N)N)C1CC1. The summed E-state index contributed by atoms with van der Waals surface area (Å²) in [7, 11) is 0. The van der Waals surface area contributed by atoms with E-state index in [-0.39, 0.29) is 11.4 Å². The molecule has 0 heterocycles. The molecule has 1 saturated carbocycles. The van der Waals surface area contributed by atoms with Crippen LogP contribution in [-0.2, 0) is 4.74 Å². The lowest BCUT2D eigenvalue weighted by molar-refractivity contribution is -0.0137. The summed E-state index contributed by atoms with van der Waals surface area (Å²) in [5, 5.41) is 7.25. The Balaban J connectivity index is 2.20. The van der Waals surface area contributed by atoms with Crippen molar-refractivity contribution in [1.29, 1.82) is 5.41 Å². The van der Waals surface area contributed by atoms with E-state index in [1.807, 2.05) is 0 Å². The molecule has 1 fully saturated rings. The second-order valence-corrected chi connectivity index (χ2v) is 5.50. The first-order valence-electron chi connectivity index (χ1n) is 6.09. The molecule has 1 aliphatic carbocycles. The monoisotopic (exact) mass is 227 g/mol. The zero-order chi connectivity index (χ0) is 12.2. The van der Waals surface area contributed by atoms with Crippen LogP contribution in [0.15, 0.2) is 0 Å². The molecule has 16 heavy (non-hydrogen) atoms. The molecular weight excluding hydrogens is 202 g/mol. The van der Waals surface area contributed by atoms with Gasteiger partial charge >= 0.3 is 0 Å². The van der Waals surface area contributed by atoms with Crippen molar-refractivity contribution in [3.63, 3.8) is 0 Å².